The number of aromatic nitrogens is 3. The molecule has 1 aliphatic heterocycles. The van der Waals surface area contributed by atoms with Crippen molar-refractivity contribution in [3.63, 3.8) is 0 Å². The highest BCUT2D eigenvalue weighted by Gasteiger charge is 2.54. The summed E-state index contributed by atoms with van der Waals surface area (Å²) in [7, 11) is -3.70. The van der Waals surface area contributed by atoms with Gasteiger partial charge in [-0.25, -0.2) is 9.78 Å². The van der Waals surface area contributed by atoms with Crippen LogP contribution in [-0.2, 0) is 23.1 Å². The third-order valence-electron chi connectivity index (χ3n) is 5.02. The minimum atomic E-state index is -3.70. The van der Waals surface area contributed by atoms with Crippen molar-refractivity contribution in [3.8, 4) is 0 Å². The Balaban J connectivity index is 2.02. The summed E-state index contributed by atoms with van der Waals surface area (Å²) in [5, 5.41) is 21.8. The van der Waals surface area contributed by atoms with Gasteiger partial charge in [0.25, 0.3) is 5.56 Å². The molecule has 4 atom stereocenters. The molecular weight excluding hydrogens is 471 g/mol. The number of fused-ring (bicyclic) bond motifs is 1. The van der Waals surface area contributed by atoms with E-state index in [4.69, 9.17) is 18.5 Å². The van der Waals surface area contributed by atoms with Gasteiger partial charge in [-0.05, 0) is 34.6 Å². The molecule has 0 spiro atoms. The second-order valence-corrected chi connectivity index (χ2v) is 10.6. The number of carbonyl (C=O) groups is 1. The zero-order valence-corrected chi connectivity index (χ0v) is 20.6. The fraction of sp³-hybridized carbons (Fsp3) is 0.650. The van der Waals surface area contributed by atoms with Crippen LogP contribution in [0.4, 0.5) is 4.79 Å². The van der Waals surface area contributed by atoms with Crippen LogP contribution in [0.15, 0.2) is 17.3 Å². The summed E-state index contributed by atoms with van der Waals surface area (Å²) in [4.78, 5) is 35.7. The molecule has 0 aliphatic carbocycles. The topological polar surface area (TPSA) is 176 Å². The van der Waals surface area contributed by atoms with Crippen LogP contribution in [0.3, 0.4) is 0 Å². The van der Waals surface area contributed by atoms with Gasteiger partial charge >= 0.3 is 13.7 Å². The lowest BCUT2D eigenvalue weighted by molar-refractivity contribution is -0.0926. The number of likely N-dealkylation sites (tertiary alicyclic amines) is 1. The van der Waals surface area contributed by atoms with Crippen LogP contribution in [0.2, 0.25) is 0 Å². The molecule has 0 aromatic carbocycles. The number of aliphatic hydroxyl groups excluding tert-OH is 2. The van der Waals surface area contributed by atoms with E-state index >= 15 is 0 Å². The smallest absolute Gasteiger partial charge is 0.413 e. The van der Waals surface area contributed by atoms with Crippen molar-refractivity contribution in [2.45, 2.75) is 64.7 Å². The minimum Gasteiger partial charge on any atom is -0.444 e. The third-order valence-corrected chi connectivity index (χ3v) is 6.78. The molecule has 1 saturated heterocycles. The van der Waals surface area contributed by atoms with Crippen molar-refractivity contribution in [1.82, 2.24) is 19.9 Å². The Hall–Kier alpha value is -2.28. The first-order valence-corrected chi connectivity index (χ1v) is 12.6. The average molecular weight is 502 g/mol. The number of nitrogens with zero attached hydrogens (tertiary/aromatic N) is 2. The van der Waals surface area contributed by atoms with E-state index < -0.39 is 55.7 Å². The van der Waals surface area contributed by atoms with E-state index in [1.54, 1.807) is 34.6 Å². The SMILES string of the molecule is CCOP(=O)(CO[C@@H]1[C@@H](O)[C@@H](O)[C@@H](c2c[nH]c3c(=O)[nH]cnc23)N1C(=O)OC(C)(C)C)OCC. The van der Waals surface area contributed by atoms with Crippen molar-refractivity contribution in [3.05, 3.63) is 28.4 Å². The zero-order valence-electron chi connectivity index (χ0n) is 19.7. The normalized spacial score (nSPS) is 23.6. The number of H-pyrrole nitrogens is 2. The third kappa shape index (κ3) is 5.35. The second kappa shape index (κ2) is 10.1. The highest BCUT2D eigenvalue weighted by atomic mass is 31.2. The second-order valence-electron chi connectivity index (χ2n) is 8.65. The number of hydrogen-bond donors (Lipinski definition) is 4. The number of nitrogens with one attached hydrogen (secondary N) is 2. The van der Waals surface area contributed by atoms with E-state index in [2.05, 4.69) is 15.0 Å². The standard InChI is InChI=1S/C20H31N4O9P/c1-6-31-34(29,32-7-2)10-30-18-16(26)15(25)14(24(18)19(28)33-20(3,4)5)11-8-21-13-12(11)22-9-23-17(13)27/h8-9,14-16,18,21,25-26H,6-7,10H2,1-5H3,(H,22,23,27)/t14-,15+,16+,18-/m1/s1. The molecule has 3 heterocycles. The zero-order chi connectivity index (χ0) is 25.3. The molecule has 1 fully saturated rings. The number of rotatable bonds is 8. The lowest BCUT2D eigenvalue weighted by Gasteiger charge is -2.32. The molecule has 0 radical (unpaired) electrons. The van der Waals surface area contributed by atoms with Crippen molar-refractivity contribution < 1.29 is 38.1 Å². The summed E-state index contributed by atoms with van der Waals surface area (Å²) in [6, 6.07) is -1.20. The van der Waals surface area contributed by atoms with Crippen LogP contribution in [0, 0.1) is 0 Å². The van der Waals surface area contributed by atoms with Gasteiger partial charge in [-0.2, -0.15) is 0 Å². The Bertz CT molecular complexity index is 1100. The van der Waals surface area contributed by atoms with Crippen LogP contribution < -0.4 is 5.56 Å². The van der Waals surface area contributed by atoms with Gasteiger partial charge < -0.3 is 38.7 Å². The van der Waals surface area contributed by atoms with E-state index in [0.29, 0.717) is 0 Å². The van der Waals surface area contributed by atoms with Crippen LogP contribution >= 0.6 is 7.60 Å². The maximum Gasteiger partial charge on any atom is 0.413 e. The summed E-state index contributed by atoms with van der Waals surface area (Å²) in [5.41, 5.74) is -0.766. The quantitative estimate of drug-likeness (QED) is 0.390. The lowest BCUT2D eigenvalue weighted by Crippen LogP contribution is -2.45. The molecule has 2 aromatic rings. The summed E-state index contributed by atoms with van der Waals surface area (Å²) in [5.74, 6) is 0. The highest BCUT2D eigenvalue weighted by molar-refractivity contribution is 7.53. The molecule has 3 rings (SSSR count). The largest absolute Gasteiger partial charge is 0.444 e. The number of amides is 1. The Morgan fingerprint density at radius 3 is 2.41 bits per heavy atom. The molecule has 13 nitrogen and oxygen atoms in total. The first-order chi connectivity index (χ1) is 15.9. The Morgan fingerprint density at radius 2 is 1.82 bits per heavy atom. The first-order valence-electron chi connectivity index (χ1n) is 10.8. The number of aliphatic hydroxyl groups is 2. The van der Waals surface area contributed by atoms with Gasteiger partial charge in [0.15, 0.2) is 12.6 Å². The maximum atomic E-state index is 13.2. The van der Waals surface area contributed by atoms with Gasteiger partial charge in [-0.1, -0.05) is 0 Å². The van der Waals surface area contributed by atoms with Crippen molar-refractivity contribution >= 4 is 24.7 Å². The Morgan fingerprint density at radius 1 is 1.18 bits per heavy atom. The van der Waals surface area contributed by atoms with E-state index in [-0.39, 0.29) is 29.8 Å². The van der Waals surface area contributed by atoms with Crippen molar-refractivity contribution in [1.29, 1.82) is 0 Å². The molecule has 14 heteroatoms. The molecule has 1 aliphatic rings. The molecule has 1 amide bonds. The number of carbonyl (C=O) groups excluding carboxylic acids is 1. The summed E-state index contributed by atoms with van der Waals surface area (Å²) >= 11 is 0. The van der Waals surface area contributed by atoms with Gasteiger partial charge in [0.05, 0.1) is 25.6 Å². The number of hydrogen-bond acceptors (Lipinski definition) is 10. The Labute approximate surface area is 195 Å². The van der Waals surface area contributed by atoms with Crippen LogP contribution in [0.1, 0.15) is 46.2 Å². The van der Waals surface area contributed by atoms with E-state index in [1.807, 2.05) is 0 Å². The molecule has 0 saturated carbocycles. The van der Waals surface area contributed by atoms with Crippen LogP contribution in [0.5, 0.6) is 0 Å². The molecule has 190 valence electrons. The van der Waals surface area contributed by atoms with E-state index in [0.717, 1.165) is 4.90 Å². The van der Waals surface area contributed by atoms with Gasteiger partial charge in [-0.15, -0.1) is 0 Å². The molecule has 0 unspecified atom stereocenters. The van der Waals surface area contributed by atoms with E-state index in [1.165, 1.54) is 12.5 Å². The number of aromatic amines is 2. The molecule has 4 N–H and O–H groups in total. The summed E-state index contributed by atoms with van der Waals surface area (Å²) < 4.78 is 34.5. The summed E-state index contributed by atoms with van der Waals surface area (Å²) in [6.45, 7) is 8.41. The molecular formula is C20H31N4O9P. The molecule has 0 bridgehead atoms. The van der Waals surface area contributed by atoms with Crippen molar-refractivity contribution in [2.24, 2.45) is 0 Å². The predicted octanol–water partition coefficient (Wildman–Crippen LogP) is 1.83. The van der Waals surface area contributed by atoms with Crippen LogP contribution in [0.25, 0.3) is 11.0 Å². The Kier molecular flexibility index (Phi) is 7.85. The highest BCUT2D eigenvalue weighted by Crippen LogP contribution is 2.49. The van der Waals surface area contributed by atoms with E-state index in [9.17, 15) is 24.4 Å². The molecule has 34 heavy (non-hydrogen) atoms. The summed E-state index contributed by atoms with van der Waals surface area (Å²) in [6.07, 6.45) is -3.50. The first kappa shape index (κ1) is 26.3. The fourth-order valence-electron chi connectivity index (χ4n) is 3.76. The minimum absolute atomic E-state index is 0.0877. The van der Waals surface area contributed by atoms with Gasteiger partial charge in [0.1, 0.15) is 28.8 Å². The van der Waals surface area contributed by atoms with Gasteiger partial charge in [-0.3, -0.25) is 14.3 Å². The van der Waals surface area contributed by atoms with Crippen LogP contribution in [-0.4, -0.2) is 79.8 Å². The van der Waals surface area contributed by atoms with Crippen molar-refractivity contribution in [2.75, 3.05) is 19.6 Å². The lowest BCUT2D eigenvalue weighted by atomic mass is 10.0. The average Bonchev–Trinajstić information content (AvgIpc) is 3.26. The molecule has 2 aromatic heterocycles. The number of ether oxygens (including phenoxy) is 2. The predicted molar refractivity (Wildman–Crippen MR) is 120 cm³/mol. The van der Waals surface area contributed by atoms with Gasteiger partial charge in [0, 0.05) is 11.8 Å². The van der Waals surface area contributed by atoms with Gasteiger partial charge in [0.2, 0.25) is 0 Å². The fourth-order valence-corrected chi connectivity index (χ4v) is 5.10. The monoisotopic (exact) mass is 502 g/mol. The maximum absolute atomic E-state index is 13.2.